The van der Waals surface area contributed by atoms with E-state index < -0.39 is 23.6 Å². The molecule has 0 fully saturated rings. The zero-order valence-electron chi connectivity index (χ0n) is 11.3. The number of aromatic nitrogens is 1. The number of hydrogen-bond donors (Lipinski definition) is 1. The summed E-state index contributed by atoms with van der Waals surface area (Å²) < 4.78 is 32.4. The maximum Gasteiger partial charge on any atom is 0.341 e. The second kappa shape index (κ2) is 4.87. The molecule has 3 rings (SSSR count). The number of aryl methyl sites for hydroxylation is 1. The first kappa shape index (κ1) is 14.1. The lowest BCUT2D eigenvalue weighted by Crippen LogP contribution is -2.11. The van der Waals surface area contributed by atoms with E-state index in [1.54, 1.807) is 0 Å². The first-order valence-electron chi connectivity index (χ1n) is 6.30. The van der Waals surface area contributed by atoms with Gasteiger partial charge in [0.1, 0.15) is 6.61 Å². The zero-order chi connectivity index (χ0) is 16.0. The van der Waals surface area contributed by atoms with Gasteiger partial charge in [-0.05, 0) is 13.0 Å². The van der Waals surface area contributed by atoms with Crippen LogP contribution in [0.1, 0.15) is 32.1 Å². The van der Waals surface area contributed by atoms with Crippen LogP contribution in [0.3, 0.4) is 0 Å². The van der Waals surface area contributed by atoms with Gasteiger partial charge >= 0.3 is 11.9 Å². The fraction of sp³-hybridized carbons (Fsp3) is 0.133. The Morgan fingerprint density at radius 2 is 2.05 bits per heavy atom. The van der Waals surface area contributed by atoms with E-state index in [1.165, 1.54) is 19.1 Å². The second-order valence-corrected chi connectivity index (χ2v) is 4.75. The van der Waals surface area contributed by atoms with E-state index in [1.807, 2.05) is 0 Å². The number of esters is 1. The van der Waals surface area contributed by atoms with Crippen molar-refractivity contribution in [3.8, 4) is 11.1 Å². The Hall–Kier alpha value is -2.83. The van der Waals surface area contributed by atoms with Crippen molar-refractivity contribution in [3.05, 3.63) is 52.3 Å². The number of carboxylic acid groups (broad SMARTS) is 1. The lowest BCUT2D eigenvalue weighted by atomic mass is 9.92. The summed E-state index contributed by atoms with van der Waals surface area (Å²) in [6.45, 7) is 1.30. The molecule has 0 spiro atoms. The average Bonchev–Trinajstić information content (AvgIpc) is 2.81. The summed E-state index contributed by atoms with van der Waals surface area (Å²) >= 11 is 0. The van der Waals surface area contributed by atoms with Gasteiger partial charge in [0.15, 0.2) is 11.6 Å². The quantitative estimate of drug-likeness (QED) is 0.863. The summed E-state index contributed by atoms with van der Waals surface area (Å²) in [5.74, 6) is -4.55. The van der Waals surface area contributed by atoms with Crippen LogP contribution in [0.15, 0.2) is 18.2 Å². The molecule has 2 aromatic rings. The fourth-order valence-electron chi connectivity index (χ4n) is 2.52. The maximum absolute atomic E-state index is 14.1. The molecule has 0 aliphatic carbocycles. The van der Waals surface area contributed by atoms with Crippen LogP contribution in [0, 0.1) is 18.6 Å². The number of carbonyl (C=O) groups excluding carboxylic acids is 1. The minimum absolute atomic E-state index is 0.100. The first-order chi connectivity index (χ1) is 10.4. The van der Waals surface area contributed by atoms with Crippen LogP contribution >= 0.6 is 0 Å². The van der Waals surface area contributed by atoms with E-state index in [0.717, 1.165) is 6.07 Å². The van der Waals surface area contributed by atoms with Crippen molar-refractivity contribution in [2.75, 3.05) is 0 Å². The Labute approximate surface area is 123 Å². The number of rotatable bonds is 2. The first-order valence-corrected chi connectivity index (χ1v) is 6.30. The highest BCUT2D eigenvalue weighted by Crippen LogP contribution is 2.36. The molecule has 0 atom stereocenters. The Balaban J connectivity index is 2.46. The minimum Gasteiger partial charge on any atom is -0.478 e. The average molecular weight is 305 g/mol. The molecule has 22 heavy (non-hydrogen) atoms. The molecule has 1 aromatic carbocycles. The molecule has 1 aliphatic rings. The van der Waals surface area contributed by atoms with Gasteiger partial charge in [-0.1, -0.05) is 12.1 Å². The molecule has 1 N–H and O–H groups in total. The molecule has 0 saturated carbocycles. The van der Waals surface area contributed by atoms with Crippen LogP contribution in [-0.4, -0.2) is 22.0 Å². The molecule has 7 heteroatoms. The second-order valence-electron chi connectivity index (χ2n) is 4.75. The maximum atomic E-state index is 14.1. The van der Waals surface area contributed by atoms with Gasteiger partial charge in [-0.25, -0.2) is 18.4 Å². The number of cyclic esters (lactones) is 1. The highest BCUT2D eigenvalue weighted by atomic mass is 19.2. The Bertz CT molecular complexity index is 829. The smallest absolute Gasteiger partial charge is 0.341 e. The number of nitrogens with zero attached hydrogens (tertiary/aromatic N) is 1. The van der Waals surface area contributed by atoms with Gasteiger partial charge in [0, 0.05) is 11.1 Å². The SMILES string of the molecule is Cc1nc2c(c(-c3cccc(F)c3F)c1C(=O)O)C(=O)OC2. The third-order valence-corrected chi connectivity index (χ3v) is 3.43. The molecule has 0 unspecified atom stereocenters. The third-order valence-electron chi connectivity index (χ3n) is 3.43. The fourth-order valence-corrected chi connectivity index (χ4v) is 2.52. The zero-order valence-corrected chi connectivity index (χ0v) is 11.3. The van der Waals surface area contributed by atoms with Crippen molar-refractivity contribution < 1.29 is 28.2 Å². The summed E-state index contributed by atoms with van der Waals surface area (Å²) in [5, 5.41) is 9.38. The largest absolute Gasteiger partial charge is 0.478 e. The summed E-state index contributed by atoms with van der Waals surface area (Å²) in [7, 11) is 0. The van der Waals surface area contributed by atoms with Gasteiger partial charge < -0.3 is 9.84 Å². The van der Waals surface area contributed by atoms with Crippen molar-refractivity contribution in [3.63, 3.8) is 0 Å². The van der Waals surface area contributed by atoms with E-state index in [-0.39, 0.29) is 40.2 Å². The molecule has 0 saturated heterocycles. The summed E-state index contributed by atoms with van der Waals surface area (Å²) in [6, 6.07) is 3.36. The number of carbonyl (C=O) groups is 2. The summed E-state index contributed by atoms with van der Waals surface area (Å²) in [4.78, 5) is 27.4. The molecule has 0 amide bonds. The number of aromatic carboxylic acids is 1. The molecule has 5 nitrogen and oxygen atoms in total. The number of halogens is 2. The van der Waals surface area contributed by atoms with Crippen LogP contribution in [0.2, 0.25) is 0 Å². The van der Waals surface area contributed by atoms with Crippen LogP contribution < -0.4 is 0 Å². The number of carboxylic acids is 1. The van der Waals surface area contributed by atoms with Crippen LogP contribution in [0.5, 0.6) is 0 Å². The normalized spacial score (nSPS) is 13.0. The van der Waals surface area contributed by atoms with Gasteiger partial charge in [0.05, 0.1) is 22.5 Å². The molecule has 0 radical (unpaired) electrons. The van der Waals surface area contributed by atoms with E-state index in [9.17, 15) is 23.5 Å². The number of fused-ring (bicyclic) bond motifs is 1. The van der Waals surface area contributed by atoms with Crippen molar-refractivity contribution in [2.24, 2.45) is 0 Å². The van der Waals surface area contributed by atoms with E-state index in [0.29, 0.717) is 0 Å². The molecule has 2 heterocycles. The molecular weight excluding hydrogens is 296 g/mol. The van der Waals surface area contributed by atoms with Crippen LogP contribution in [0.25, 0.3) is 11.1 Å². The number of ether oxygens (including phenoxy) is 1. The topological polar surface area (TPSA) is 76.5 Å². The van der Waals surface area contributed by atoms with Crippen molar-refractivity contribution in [1.29, 1.82) is 0 Å². The molecule has 0 bridgehead atoms. The van der Waals surface area contributed by atoms with Crippen molar-refractivity contribution in [2.45, 2.75) is 13.5 Å². The van der Waals surface area contributed by atoms with Gasteiger partial charge in [-0.2, -0.15) is 0 Å². The Kier molecular flexibility index (Phi) is 3.13. The monoisotopic (exact) mass is 305 g/mol. The molecular formula is C15H9F2NO4. The van der Waals surface area contributed by atoms with Gasteiger partial charge in [-0.15, -0.1) is 0 Å². The number of pyridine rings is 1. The van der Waals surface area contributed by atoms with Gasteiger partial charge in [0.2, 0.25) is 0 Å². The summed E-state index contributed by atoms with van der Waals surface area (Å²) in [5.41, 5.74) is -0.670. The Morgan fingerprint density at radius 1 is 1.32 bits per heavy atom. The van der Waals surface area contributed by atoms with E-state index in [2.05, 4.69) is 4.98 Å². The highest BCUT2D eigenvalue weighted by molar-refractivity contribution is 6.07. The predicted octanol–water partition coefficient (Wildman–Crippen LogP) is 2.70. The summed E-state index contributed by atoms with van der Waals surface area (Å²) in [6.07, 6.45) is 0. The Morgan fingerprint density at radius 3 is 2.73 bits per heavy atom. The minimum atomic E-state index is -1.38. The van der Waals surface area contributed by atoms with Crippen molar-refractivity contribution in [1.82, 2.24) is 4.98 Å². The van der Waals surface area contributed by atoms with E-state index >= 15 is 0 Å². The highest BCUT2D eigenvalue weighted by Gasteiger charge is 2.33. The third kappa shape index (κ3) is 1.93. The van der Waals surface area contributed by atoms with E-state index in [4.69, 9.17) is 4.74 Å². The van der Waals surface area contributed by atoms with Crippen LogP contribution in [-0.2, 0) is 11.3 Å². The number of hydrogen-bond acceptors (Lipinski definition) is 4. The molecule has 112 valence electrons. The van der Waals surface area contributed by atoms with Crippen LogP contribution in [0.4, 0.5) is 8.78 Å². The lowest BCUT2D eigenvalue weighted by Gasteiger charge is -2.13. The van der Waals surface area contributed by atoms with Crippen molar-refractivity contribution >= 4 is 11.9 Å². The van der Waals surface area contributed by atoms with Gasteiger partial charge in [0.25, 0.3) is 0 Å². The predicted molar refractivity (Wildman–Crippen MR) is 70.4 cm³/mol. The standard InChI is InChI=1S/C15H9F2NO4/c1-6-10(14(19)20)11(7-3-2-4-8(16)13(7)17)12-9(18-6)5-22-15(12)21/h2-4H,5H2,1H3,(H,19,20). The van der Waals surface area contributed by atoms with Gasteiger partial charge in [-0.3, -0.25) is 4.98 Å². The lowest BCUT2D eigenvalue weighted by molar-refractivity contribution is 0.0533. The molecule has 1 aliphatic heterocycles. The number of benzene rings is 1. The molecule has 1 aromatic heterocycles.